The van der Waals surface area contributed by atoms with Gasteiger partial charge in [0, 0.05) is 13.5 Å². The molecule has 0 aliphatic heterocycles. The van der Waals surface area contributed by atoms with Gasteiger partial charge in [-0.1, -0.05) is 0 Å². The largest absolute Gasteiger partial charge is 0.459 e. The Morgan fingerprint density at radius 2 is 2.13 bits per heavy atom. The molecule has 1 aliphatic carbocycles. The minimum absolute atomic E-state index is 0.0596. The summed E-state index contributed by atoms with van der Waals surface area (Å²) >= 11 is 0. The van der Waals surface area contributed by atoms with E-state index in [1.807, 2.05) is 19.1 Å². The maximum atomic E-state index is 12.4. The Kier molecular flexibility index (Phi) is 4.71. The summed E-state index contributed by atoms with van der Waals surface area (Å²) in [5, 5.41) is 4.09. The number of aryl methyl sites for hydroxylation is 1. The van der Waals surface area contributed by atoms with E-state index in [0.29, 0.717) is 5.56 Å². The normalized spacial score (nSPS) is 21.1. The summed E-state index contributed by atoms with van der Waals surface area (Å²) in [5.74, 6) is -0.269. The van der Waals surface area contributed by atoms with Crippen molar-refractivity contribution in [3.63, 3.8) is 0 Å². The first-order valence-electron chi connectivity index (χ1n) is 7.87. The Bertz CT molecular complexity index is 670. The number of esters is 1. The maximum absolute atomic E-state index is 12.4. The number of rotatable bonds is 4. The second kappa shape index (κ2) is 6.91. The molecule has 1 aromatic heterocycles. The first-order valence-corrected chi connectivity index (χ1v) is 7.87. The first kappa shape index (κ1) is 15.7. The van der Waals surface area contributed by atoms with Crippen LogP contribution in [-0.2, 0) is 9.47 Å². The third-order valence-corrected chi connectivity index (χ3v) is 4.30. The Morgan fingerprint density at radius 3 is 2.83 bits per heavy atom. The highest BCUT2D eigenvalue weighted by Crippen LogP contribution is 2.24. The van der Waals surface area contributed by atoms with Gasteiger partial charge in [0.1, 0.15) is 18.8 Å². The second-order valence-corrected chi connectivity index (χ2v) is 5.89. The first-order chi connectivity index (χ1) is 11.2. The molecule has 0 radical (unpaired) electrons. The van der Waals surface area contributed by atoms with E-state index >= 15 is 0 Å². The van der Waals surface area contributed by atoms with E-state index in [4.69, 9.17) is 9.47 Å². The summed E-state index contributed by atoms with van der Waals surface area (Å²) in [6.45, 7) is 1.90. The molecular weight excluding hydrogens is 294 g/mol. The van der Waals surface area contributed by atoms with Gasteiger partial charge in [-0.15, -0.1) is 0 Å². The molecule has 6 heteroatoms. The summed E-state index contributed by atoms with van der Waals surface area (Å²) in [5.41, 5.74) is 2.32. The van der Waals surface area contributed by atoms with Gasteiger partial charge in [-0.3, -0.25) is 0 Å². The predicted octanol–water partition coefficient (Wildman–Crippen LogP) is 2.69. The van der Waals surface area contributed by atoms with Crippen molar-refractivity contribution in [3.8, 4) is 5.69 Å². The Labute approximate surface area is 135 Å². The molecule has 1 saturated carbocycles. The number of aromatic nitrogens is 3. The van der Waals surface area contributed by atoms with E-state index in [1.165, 1.54) is 6.33 Å². The van der Waals surface area contributed by atoms with E-state index in [2.05, 4.69) is 10.1 Å². The fourth-order valence-corrected chi connectivity index (χ4v) is 3.00. The van der Waals surface area contributed by atoms with Crippen LogP contribution in [0.25, 0.3) is 5.69 Å². The summed E-state index contributed by atoms with van der Waals surface area (Å²) < 4.78 is 12.7. The zero-order chi connectivity index (χ0) is 16.2. The average Bonchev–Trinajstić information content (AvgIpc) is 3.09. The predicted molar refractivity (Wildman–Crippen MR) is 84.6 cm³/mol. The molecule has 2 atom stereocenters. The number of ether oxygens (including phenoxy) is 2. The number of carbonyl (C=O) groups excluding carboxylic acids is 1. The molecule has 3 rings (SSSR count). The third kappa shape index (κ3) is 3.59. The highest BCUT2D eigenvalue weighted by molar-refractivity contribution is 5.91. The molecule has 0 bridgehead atoms. The van der Waals surface area contributed by atoms with Crippen molar-refractivity contribution in [3.05, 3.63) is 42.0 Å². The molecule has 0 N–H and O–H groups in total. The summed E-state index contributed by atoms with van der Waals surface area (Å²) in [6.07, 6.45) is 6.98. The highest BCUT2D eigenvalue weighted by Gasteiger charge is 2.25. The third-order valence-electron chi connectivity index (χ3n) is 4.30. The van der Waals surface area contributed by atoms with Crippen molar-refractivity contribution >= 4 is 5.97 Å². The van der Waals surface area contributed by atoms with Crippen LogP contribution in [0, 0.1) is 6.92 Å². The van der Waals surface area contributed by atoms with Crippen molar-refractivity contribution in [2.45, 2.75) is 44.8 Å². The van der Waals surface area contributed by atoms with E-state index in [0.717, 1.165) is 36.9 Å². The molecule has 1 heterocycles. The molecule has 0 amide bonds. The maximum Gasteiger partial charge on any atom is 0.338 e. The number of carbonyl (C=O) groups is 1. The van der Waals surface area contributed by atoms with Crippen LogP contribution >= 0.6 is 0 Å². The molecule has 23 heavy (non-hydrogen) atoms. The molecule has 6 nitrogen and oxygen atoms in total. The molecule has 0 unspecified atom stereocenters. The van der Waals surface area contributed by atoms with E-state index in [9.17, 15) is 4.79 Å². The van der Waals surface area contributed by atoms with Gasteiger partial charge in [0.2, 0.25) is 0 Å². The van der Waals surface area contributed by atoms with Crippen molar-refractivity contribution in [2.24, 2.45) is 0 Å². The lowest BCUT2D eigenvalue weighted by Gasteiger charge is -2.28. The quantitative estimate of drug-likeness (QED) is 0.812. The molecule has 122 valence electrons. The summed E-state index contributed by atoms with van der Waals surface area (Å²) in [6, 6.07) is 5.53. The molecule has 1 aromatic carbocycles. The molecule has 1 aliphatic rings. The SMILES string of the molecule is CO[C@H]1CCC[C@H](OC(=O)c2ccc(-n3cncn3)cc2C)C1. The minimum atomic E-state index is -0.269. The average molecular weight is 315 g/mol. The van der Waals surface area contributed by atoms with Crippen LogP contribution < -0.4 is 0 Å². The Hall–Kier alpha value is -2.21. The lowest BCUT2D eigenvalue weighted by atomic mass is 9.95. The fourth-order valence-electron chi connectivity index (χ4n) is 3.00. The number of benzene rings is 1. The van der Waals surface area contributed by atoms with Crippen LogP contribution in [-0.4, -0.2) is 40.1 Å². The topological polar surface area (TPSA) is 66.2 Å². The lowest BCUT2D eigenvalue weighted by molar-refractivity contribution is -0.0149. The van der Waals surface area contributed by atoms with Gasteiger partial charge in [0.15, 0.2) is 0 Å². The minimum Gasteiger partial charge on any atom is -0.459 e. The number of hydrogen-bond donors (Lipinski definition) is 0. The molecule has 0 saturated heterocycles. The van der Waals surface area contributed by atoms with Crippen molar-refractivity contribution < 1.29 is 14.3 Å². The Balaban J connectivity index is 1.70. The molecule has 2 aromatic rings. The van der Waals surface area contributed by atoms with E-state index in [-0.39, 0.29) is 18.2 Å². The van der Waals surface area contributed by atoms with Gasteiger partial charge < -0.3 is 9.47 Å². The standard InChI is InChI=1S/C17H21N3O3/c1-12-8-13(20-11-18-10-19-20)6-7-16(12)17(21)23-15-5-3-4-14(9-15)22-2/h6-8,10-11,14-15H,3-5,9H2,1-2H3/t14-,15-/m0/s1. The van der Waals surface area contributed by atoms with Crippen molar-refractivity contribution in [2.75, 3.05) is 7.11 Å². The van der Waals surface area contributed by atoms with Gasteiger partial charge in [0.25, 0.3) is 0 Å². The summed E-state index contributed by atoms with van der Waals surface area (Å²) in [7, 11) is 1.71. The number of nitrogens with zero attached hydrogens (tertiary/aromatic N) is 3. The zero-order valence-electron chi connectivity index (χ0n) is 13.4. The van der Waals surface area contributed by atoms with Gasteiger partial charge in [0.05, 0.1) is 17.4 Å². The molecule has 1 fully saturated rings. The van der Waals surface area contributed by atoms with Crippen LogP contribution in [0.15, 0.2) is 30.9 Å². The van der Waals surface area contributed by atoms with Crippen LogP contribution in [0.1, 0.15) is 41.6 Å². The number of methoxy groups -OCH3 is 1. The van der Waals surface area contributed by atoms with Gasteiger partial charge in [-0.05, 0) is 49.9 Å². The van der Waals surface area contributed by atoms with Crippen LogP contribution in [0.4, 0.5) is 0 Å². The van der Waals surface area contributed by atoms with E-state index in [1.54, 1.807) is 24.2 Å². The lowest BCUT2D eigenvalue weighted by Crippen LogP contribution is -2.29. The second-order valence-electron chi connectivity index (χ2n) is 5.89. The smallest absolute Gasteiger partial charge is 0.338 e. The number of hydrogen-bond acceptors (Lipinski definition) is 5. The molecule has 0 spiro atoms. The van der Waals surface area contributed by atoms with Crippen LogP contribution in [0.5, 0.6) is 0 Å². The monoisotopic (exact) mass is 315 g/mol. The Morgan fingerprint density at radius 1 is 1.30 bits per heavy atom. The van der Waals surface area contributed by atoms with Gasteiger partial charge >= 0.3 is 5.97 Å². The van der Waals surface area contributed by atoms with Gasteiger partial charge in [-0.2, -0.15) is 5.10 Å². The summed E-state index contributed by atoms with van der Waals surface area (Å²) in [4.78, 5) is 16.4. The van der Waals surface area contributed by atoms with Crippen molar-refractivity contribution in [1.29, 1.82) is 0 Å². The van der Waals surface area contributed by atoms with Crippen LogP contribution in [0.3, 0.4) is 0 Å². The van der Waals surface area contributed by atoms with Gasteiger partial charge in [-0.25, -0.2) is 14.5 Å². The fraction of sp³-hybridized carbons (Fsp3) is 0.471. The highest BCUT2D eigenvalue weighted by atomic mass is 16.5. The zero-order valence-corrected chi connectivity index (χ0v) is 13.4. The van der Waals surface area contributed by atoms with E-state index < -0.39 is 0 Å². The van der Waals surface area contributed by atoms with Crippen LogP contribution in [0.2, 0.25) is 0 Å². The van der Waals surface area contributed by atoms with Crippen molar-refractivity contribution in [1.82, 2.24) is 14.8 Å². The molecular formula is C17H21N3O3.